The van der Waals surface area contributed by atoms with Gasteiger partial charge in [-0.2, -0.15) is 10.5 Å². The maximum Gasteiger partial charge on any atom is 0.344 e. The van der Waals surface area contributed by atoms with Crippen LogP contribution in [0.1, 0.15) is 12.5 Å². The molecule has 6 heteroatoms. The van der Waals surface area contributed by atoms with Crippen molar-refractivity contribution >= 4 is 12.0 Å². The Morgan fingerprint density at radius 3 is 2.55 bits per heavy atom. The minimum absolute atomic E-state index is 0.119. The molecule has 1 rings (SSSR count). The molecule has 0 amide bonds. The van der Waals surface area contributed by atoms with Crippen LogP contribution in [0.25, 0.3) is 6.08 Å². The largest absolute Gasteiger partial charge is 0.493 e. The van der Waals surface area contributed by atoms with Gasteiger partial charge in [0.2, 0.25) is 0 Å². The highest BCUT2D eigenvalue weighted by atomic mass is 16.5. The third-order valence-electron chi connectivity index (χ3n) is 2.41. The third-order valence-corrected chi connectivity index (χ3v) is 2.41. The van der Waals surface area contributed by atoms with E-state index in [2.05, 4.69) is 0 Å². The van der Waals surface area contributed by atoms with E-state index in [0.29, 0.717) is 11.3 Å². The Morgan fingerprint density at radius 1 is 1.40 bits per heavy atom. The van der Waals surface area contributed by atoms with Crippen molar-refractivity contribution < 1.29 is 19.4 Å². The van der Waals surface area contributed by atoms with Crippen molar-refractivity contribution in [2.24, 2.45) is 0 Å². The van der Waals surface area contributed by atoms with Gasteiger partial charge in [-0.1, -0.05) is 12.1 Å². The number of para-hydroxylation sites is 1. The number of benzene rings is 1. The fourth-order valence-corrected chi connectivity index (χ4v) is 1.41. The molecule has 0 spiro atoms. The summed E-state index contributed by atoms with van der Waals surface area (Å²) in [5, 5.41) is 26.4. The molecular formula is C14H12N2O4. The molecule has 1 aromatic rings. The Labute approximate surface area is 116 Å². The van der Waals surface area contributed by atoms with Crippen molar-refractivity contribution in [1.29, 1.82) is 10.5 Å². The molecule has 0 heterocycles. The molecule has 1 N–H and O–H groups in total. The number of carbonyl (C=O) groups is 1. The smallest absolute Gasteiger partial charge is 0.344 e. The van der Waals surface area contributed by atoms with Gasteiger partial charge in [0, 0.05) is 5.56 Å². The van der Waals surface area contributed by atoms with Crippen LogP contribution in [0.15, 0.2) is 23.8 Å². The predicted molar refractivity (Wildman–Crippen MR) is 69.9 cm³/mol. The number of hydrogen-bond donors (Lipinski definition) is 1. The Morgan fingerprint density at radius 2 is 2.05 bits per heavy atom. The minimum atomic E-state index is -1.13. The van der Waals surface area contributed by atoms with Crippen molar-refractivity contribution in [2.45, 2.75) is 13.0 Å². The van der Waals surface area contributed by atoms with E-state index in [1.165, 1.54) is 20.1 Å². The van der Waals surface area contributed by atoms with Crippen LogP contribution in [-0.2, 0) is 4.79 Å². The van der Waals surface area contributed by atoms with Crippen molar-refractivity contribution in [1.82, 2.24) is 0 Å². The molecule has 102 valence electrons. The van der Waals surface area contributed by atoms with Crippen molar-refractivity contribution in [3.63, 3.8) is 0 Å². The van der Waals surface area contributed by atoms with Gasteiger partial charge in [0.25, 0.3) is 0 Å². The Kier molecular flexibility index (Phi) is 5.13. The highest BCUT2D eigenvalue weighted by Crippen LogP contribution is 2.33. The summed E-state index contributed by atoms with van der Waals surface area (Å²) < 4.78 is 10.4. The number of rotatable bonds is 5. The Balaban J connectivity index is 3.32. The molecular weight excluding hydrogens is 260 g/mol. The summed E-state index contributed by atoms with van der Waals surface area (Å²) in [7, 11) is 1.41. The number of carboxylic acids is 1. The van der Waals surface area contributed by atoms with Crippen LogP contribution in [0, 0.1) is 22.7 Å². The van der Waals surface area contributed by atoms with E-state index < -0.39 is 12.1 Å². The first-order chi connectivity index (χ1) is 9.53. The van der Waals surface area contributed by atoms with Gasteiger partial charge < -0.3 is 14.6 Å². The maximum atomic E-state index is 10.9. The molecule has 20 heavy (non-hydrogen) atoms. The lowest BCUT2D eigenvalue weighted by Crippen LogP contribution is -2.23. The number of nitriles is 2. The molecule has 6 nitrogen and oxygen atoms in total. The minimum Gasteiger partial charge on any atom is -0.493 e. The standard InChI is InChI=1S/C14H12N2O4/c1-9(14(17)18)20-13-11(6-10(7-15)8-16)4-3-5-12(13)19-2/h3-6,9H,1-2H3,(H,17,18). The second-order valence-corrected chi connectivity index (χ2v) is 3.76. The van der Waals surface area contributed by atoms with E-state index in [1.54, 1.807) is 30.3 Å². The van der Waals surface area contributed by atoms with Crippen LogP contribution in [0.4, 0.5) is 0 Å². The molecule has 0 aliphatic carbocycles. The van der Waals surface area contributed by atoms with Crippen LogP contribution in [0.2, 0.25) is 0 Å². The van der Waals surface area contributed by atoms with E-state index in [9.17, 15) is 4.79 Å². The van der Waals surface area contributed by atoms with Crippen LogP contribution < -0.4 is 9.47 Å². The molecule has 0 saturated heterocycles. The highest BCUT2D eigenvalue weighted by molar-refractivity contribution is 5.74. The van der Waals surface area contributed by atoms with Gasteiger partial charge in [0.15, 0.2) is 17.6 Å². The van der Waals surface area contributed by atoms with E-state index in [0.717, 1.165) is 0 Å². The van der Waals surface area contributed by atoms with Crippen LogP contribution in [0.5, 0.6) is 11.5 Å². The number of aliphatic carboxylic acids is 1. The predicted octanol–water partition coefficient (Wildman–Crippen LogP) is 1.98. The topological polar surface area (TPSA) is 103 Å². The zero-order valence-corrected chi connectivity index (χ0v) is 11.0. The van der Waals surface area contributed by atoms with E-state index >= 15 is 0 Å². The summed E-state index contributed by atoms with van der Waals surface area (Å²) in [6.07, 6.45) is 0.220. The van der Waals surface area contributed by atoms with Crippen LogP contribution in [0.3, 0.4) is 0 Å². The monoisotopic (exact) mass is 272 g/mol. The van der Waals surface area contributed by atoms with Crippen molar-refractivity contribution in [2.75, 3.05) is 7.11 Å². The van der Waals surface area contributed by atoms with Crippen molar-refractivity contribution in [3.05, 3.63) is 29.3 Å². The van der Waals surface area contributed by atoms with E-state index in [-0.39, 0.29) is 11.3 Å². The molecule has 0 bridgehead atoms. The van der Waals surface area contributed by atoms with Gasteiger partial charge in [0.05, 0.1) is 7.11 Å². The van der Waals surface area contributed by atoms with Gasteiger partial charge in [-0.25, -0.2) is 4.79 Å². The fraction of sp³-hybridized carbons (Fsp3) is 0.214. The van der Waals surface area contributed by atoms with Crippen LogP contribution in [-0.4, -0.2) is 24.3 Å². The highest BCUT2D eigenvalue weighted by Gasteiger charge is 2.18. The number of ether oxygens (including phenoxy) is 2. The lowest BCUT2D eigenvalue weighted by Gasteiger charge is -2.16. The summed E-state index contributed by atoms with van der Waals surface area (Å²) in [5.74, 6) is -0.637. The number of allylic oxidation sites excluding steroid dienone is 1. The Hall–Kier alpha value is -2.99. The molecule has 0 radical (unpaired) electrons. The zero-order chi connectivity index (χ0) is 15.1. The average molecular weight is 272 g/mol. The lowest BCUT2D eigenvalue weighted by atomic mass is 10.1. The van der Waals surface area contributed by atoms with Gasteiger partial charge >= 0.3 is 5.97 Å². The van der Waals surface area contributed by atoms with Crippen LogP contribution >= 0.6 is 0 Å². The fourth-order valence-electron chi connectivity index (χ4n) is 1.41. The SMILES string of the molecule is COc1cccc(C=C(C#N)C#N)c1OC(C)C(=O)O. The molecule has 0 aliphatic heterocycles. The molecule has 0 fully saturated rings. The third kappa shape index (κ3) is 3.50. The number of methoxy groups -OCH3 is 1. The summed E-state index contributed by atoms with van der Waals surface area (Å²) in [6, 6.07) is 8.30. The van der Waals surface area contributed by atoms with Gasteiger partial charge in [-0.3, -0.25) is 0 Å². The van der Waals surface area contributed by atoms with E-state index in [1.807, 2.05) is 0 Å². The molecule has 0 saturated carbocycles. The second-order valence-electron chi connectivity index (χ2n) is 3.76. The van der Waals surface area contributed by atoms with E-state index in [4.69, 9.17) is 25.1 Å². The Bertz CT molecular complexity index is 607. The summed E-state index contributed by atoms with van der Waals surface area (Å²) in [4.78, 5) is 10.9. The average Bonchev–Trinajstić information content (AvgIpc) is 2.45. The first-order valence-corrected chi connectivity index (χ1v) is 5.61. The normalized spacial score (nSPS) is 10.6. The number of nitrogens with zero attached hydrogens (tertiary/aromatic N) is 2. The van der Waals surface area contributed by atoms with Gasteiger partial charge in [-0.15, -0.1) is 0 Å². The van der Waals surface area contributed by atoms with Gasteiger partial charge in [-0.05, 0) is 19.1 Å². The summed E-state index contributed by atoms with van der Waals surface area (Å²) in [5.41, 5.74) is 0.279. The number of carboxylic acid groups (broad SMARTS) is 1. The lowest BCUT2D eigenvalue weighted by molar-refractivity contribution is -0.144. The molecule has 0 aromatic heterocycles. The van der Waals surface area contributed by atoms with Crippen molar-refractivity contribution in [3.8, 4) is 23.6 Å². The maximum absolute atomic E-state index is 10.9. The number of hydrogen-bond acceptors (Lipinski definition) is 5. The zero-order valence-electron chi connectivity index (χ0n) is 11.0. The first kappa shape index (κ1) is 15.1. The molecule has 1 unspecified atom stereocenters. The first-order valence-electron chi connectivity index (χ1n) is 5.61. The second kappa shape index (κ2) is 6.81. The molecule has 0 aliphatic rings. The van der Waals surface area contributed by atoms with Gasteiger partial charge in [0.1, 0.15) is 17.7 Å². The quantitative estimate of drug-likeness (QED) is 0.822. The molecule has 1 aromatic carbocycles. The molecule has 1 atom stereocenters. The summed E-state index contributed by atoms with van der Waals surface area (Å²) >= 11 is 0. The summed E-state index contributed by atoms with van der Waals surface area (Å²) in [6.45, 7) is 1.37.